The van der Waals surface area contributed by atoms with E-state index in [-0.39, 0.29) is 40.6 Å². The molecule has 0 aromatic heterocycles. The molecular weight excluding hydrogens is 373 g/mol. The molecule has 1 amide bonds. The van der Waals surface area contributed by atoms with Crippen LogP contribution < -0.4 is 10.1 Å². The molecule has 0 radical (unpaired) electrons. The summed E-state index contributed by atoms with van der Waals surface area (Å²) in [6, 6.07) is 4.99. The van der Waals surface area contributed by atoms with Crippen LogP contribution in [0.15, 0.2) is 18.2 Å². The molecule has 1 N–H and O–H groups in total. The van der Waals surface area contributed by atoms with Crippen molar-refractivity contribution in [2.75, 3.05) is 27.4 Å². The van der Waals surface area contributed by atoms with E-state index in [1.807, 2.05) is 0 Å². The molecule has 1 aromatic rings. The van der Waals surface area contributed by atoms with Gasteiger partial charge >= 0.3 is 0 Å². The van der Waals surface area contributed by atoms with E-state index in [1.165, 1.54) is 6.07 Å². The molecule has 29 heavy (non-hydrogen) atoms. The van der Waals surface area contributed by atoms with Crippen LogP contribution in [-0.4, -0.2) is 39.4 Å². The van der Waals surface area contributed by atoms with Crippen molar-refractivity contribution < 1.29 is 23.4 Å². The first-order valence-electron chi connectivity index (χ1n) is 10.6. The lowest BCUT2D eigenvalue weighted by atomic mass is 9.58. The molecule has 1 aromatic carbocycles. The minimum absolute atomic E-state index is 0.000437. The van der Waals surface area contributed by atoms with E-state index in [0.717, 1.165) is 19.3 Å². The lowest BCUT2D eigenvalue weighted by molar-refractivity contribution is -0.138. The molecule has 1 saturated heterocycles. The smallest absolute Gasteiger partial charge is 0.222 e. The molecule has 1 unspecified atom stereocenters. The number of amides is 1. The van der Waals surface area contributed by atoms with Crippen molar-refractivity contribution in [1.82, 2.24) is 5.32 Å². The van der Waals surface area contributed by atoms with Gasteiger partial charge < -0.3 is 19.5 Å². The number of hydrogen-bond donors (Lipinski definition) is 1. The number of methoxy groups -OCH3 is 2. The van der Waals surface area contributed by atoms with Gasteiger partial charge in [-0.3, -0.25) is 4.79 Å². The Bertz CT molecular complexity index is 782. The molecule has 2 aliphatic carbocycles. The first-order chi connectivity index (χ1) is 13.8. The maximum absolute atomic E-state index is 14.9. The SMILES string of the molecule is COCCC(=O)N[C@H]1C(C)(C)[C@@H]2C[C@@H]3[C@@H](c4c(F)cccc4OC)OCCC31C2. The van der Waals surface area contributed by atoms with Crippen molar-refractivity contribution in [3.8, 4) is 5.75 Å². The summed E-state index contributed by atoms with van der Waals surface area (Å²) in [7, 11) is 3.17. The third-order valence-corrected chi connectivity index (χ3v) is 7.86. The van der Waals surface area contributed by atoms with E-state index >= 15 is 0 Å². The van der Waals surface area contributed by atoms with Gasteiger partial charge in [0.15, 0.2) is 0 Å². The summed E-state index contributed by atoms with van der Waals surface area (Å²) in [6.45, 7) is 5.50. The minimum atomic E-state index is -0.348. The van der Waals surface area contributed by atoms with Crippen LogP contribution in [0.5, 0.6) is 5.75 Å². The van der Waals surface area contributed by atoms with Gasteiger partial charge in [0.2, 0.25) is 5.91 Å². The van der Waals surface area contributed by atoms with E-state index in [1.54, 1.807) is 26.4 Å². The van der Waals surface area contributed by atoms with E-state index < -0.39 is 0 Å². The standard InChI is InChI=1S/C23H32FNO4/c1-22(2)14-12-15-20(19-16(24)6-5-7-17(19)28-4)29-11-9-23(15,13-14)21(22)25-18(26)8-10-27-3/h5-7,14-15,20-21H,8-13H2,1-4H3,(H,25,26)/t14-,15-,20+,21+,23?/m1/s1. The topological polar surface area (TPSA) is 56.8 Å². The lowest BCUT2D eigenvalue weighted by Gasteiger charge is -2.53. The number of halogens is 1. The van der Waals surface area contributed by atoms with E-state index in [4.69, 9.17) is 14.2 Å². The fourth-order valence-corrected chi connectivity index (χ4v) is 6.47. The Morgan fingerprint density at radius 3 is 2.86 bits per heavy atom. The van der Waals surface area contributed by atoms with Crippen molar-refractivity contribution >= 4 is 5.91 Å². The summed E-state index contributed by atoms with van der Waals surface area (Å²) < 4.78 is 31.6. The second-order valence-corrected chi connectivity index (χ2v) is 9.44. The summed E-state index contributed by atoms with van der Waals surface area (Å²) in [5.74, 6) is 0.913. The van der Waals surface area contributed by atoms with E-state index in [2.05, 4.69) is 19.2 Å². The Labute approximate surface area is 172 Å². The zero-order chi connectivity index (χ0) is 20.8. The molecule has 6 heteroatoms. The maximum atomic E-state index is 14.9. The average Bonchev–Trinajstić information content (AvgIpc) is 3.19. The van der Waals surface area contributed by atoms with Gasteiger partial charge in [0, 0.05) is 26.2 Å². The van der Waals surface area contributed by atoms with Crippen molar-refractivity contribution in [2.45, 2.75) is 51.7 Å². The van der Waals surface area contributed by atoms with E-state index in [9.17, 15) is 9.18 Å². The number of fused-ring (bicyclic) bond motifs is 1. The van der Waals surface area contributed by atoms with Gasteiger partial charge in [-0.1, -0.05) is 19.9 Å². The summed E-state index contributed by atoms with van der Waals surface area (Å²) in [4.78, 5) is 12.6. The molecule has 4 rings (SSSR count). The Morgan fingerprint density at radius 2 is 2.14 bits per heavy atom. The van der Waals surface area contributed by atoms with Crippen molar-refractivity contribution in [3.05, 3.63) is 29.6 Å². The van der Waals surface area contributed by atoms with Gasteiger partial charge in [-0.15, -0.1) is 0 Å². The predicted molar refractivity (Wildman–Crippen MR) is 107 cm³/mol. The second kappa shape index (κ2) is 7.55. The molecule has 1 spiro atoms. The van der Waals surface area contributed by atoms with E-state index in [0.29, 0.717) is 36.9 Å². The fraction of sp³-hybridized carbons (Fsp3) is 0.696. The summed E-state index contributed by atoms with van der Waals surface area (Å²) in [6.07, 6.45) is 2.94. The highest BCUT2D eigenvalue weighted by molar-refractivity contribution is 5.76. The second-order valence-electron chi connectivity index (χ2n) is 9.44. The maximum Gasteiger partial charge on any atom is 0.222 e. The number of benzene rings is 1. The molecule has 1 aliphatic heterocycles. The molecule has 5 nitrogen and oxygen atoms in total. The minimum Gasteiger partial charge on any atom is -0.496 e. The normalized spacial score (nSPS) is 34.7. The van der Waals surface area contributed by atoms with Gasteiger partial charge in [-0.05, 0) is 54.1 Å². The zero-order valence-corrected chi connectivity index (χ0v) is 17.8. The summed E-state index contributed by atoms with van der Waals surface area (Å²) >= 11 is 0. The predicted octanol–water partition coefficient (Wildman–Crippen LogP) is 3.87. The number of hydrogen-bond acceptors (Lipinski definition) is 4. The number of rotatable bonds is 6. The van der Waals surface area contributed by atoms with Crippen LogP contribution in [0.2, 0.25) is 0 Å². The molecule has 5 atom stereocenters. The lowest BCUT2D eigenvalue weighted by Crippen LogP contribution is -2.59. The van der Waals surface area contributed by atoms with Crippen molar-refractivity contribution in [2.24, 2.45) is 22.7 Å². The van der Waals surface area contributed by atoms with Gasteiger partial charge in [0.05, 0.1) is 25.4 Å². The summed E-state index contributed by atoms with van der Waals surface area (Å²) in [5.41, 5.74) is 0.446. The largest absolute Gasteiger partial charge is 0.496 e. The van der Waals surface area contributed by atoms with Gasteiger partial charge in [0.25, 0.3) is 0 Å². The van der Waals surface area contributed by atoms with Crippen LogP contribution in [0.3, 0.4) is 0 Å². The molecule has 2 saturated carbocycles. The number of ether oxygens (including phenoxy) is 3. The highest BCUT2D eigenvalue weighted by atomic mass is 19.1. The first-order valence-corrected chi connectivity index (χ1v) is 10.6. The molecule has 160 valence electrons. The highest BCUT2D eigenvalue weighted by Crippen LogP contribution is 2.70. The molecule has 3 fully saturated rings. The number of carbonyl (C=O) groups is 1. The van der Waals surface area contributed by atoms with Gasteiger partial charge in [-0.2, -0.15) is 0 Å². The van der Waals surface area contributed by atoms with Gasteiger partial charge in [-0.25, -0.2) is 4.39 Å². The Kier molecular flexibility index (Phi) is 5.36. The van der Waals surface area contributed by atoms with Crippen LogP contribution in [0, 0.1) is 28.5 Å². The first kappa shape index (κ1) is 20.6. The third-order valence-electron chi connectivity index (χ3n) is 7.86. The Balaban J connectivity index is 1.68. The van der Waals surface area contributed by atoms with Crippen LogP contribution in [-0.2, 0) is 14.3 Å². The molecule has 1 heterocycles. The quantitative estimate of drug-likeness (QED) is 0.781. The number of carbonyl (C=O) groups excluding carboxylic acids is 1. The molecule has 3 aliphatic rings. The fourth-order valence-electron chi connectivity index (χ4n) is 6.47. The van der Waals surface area contributed by atoms with Crippen molar-refractivity contribution in [3.63, 3.8) is 0 Å². The van der Waals surface area contributed by atoms with Crippen LogP contribution in [0.4, 0.5) is 4.39 Å². The highest BCUT2D eigenvalue weighted by Gasteiger charge is 2.68. The van der Waals surface area contributed by atoms with Crippen LogP contribution in [0.1, 0.15) is 51.2 Å². The van der Waals surface area contributed by atoms with Crippen LogP contribution in [0.25, 0.3) is 0 Å². The molecule has 2 bridgehead atoms. The Hall–Kier alpha value is -1.66. The average molecular weight is 406 g/mol. The Morgan fingerprint density at radius 1 is 1.34 bits per heavy atom. The summed E-state index contributed by atoms with van der Waals surface area (Å²) in [5, 5.41) is 3.34. The molecular formula is C23H32FNO4. The van der Waals surface area contributed by atoms with Gasteiger partial charge in [0.1, 0.15) is 11.6 Å². The number of nitrogens with one attached hydrogen (secondary N) is 1. The van der Waals surface area contributed by atoms with Crippen LogP contribution >= 0.6 is 0 Å². The monoisotopic (exact) mass is 405 g/mol. The third kappa shape index (κ3) is 3.15. The van der Waals surface area contributed by atoms with Crippen molar-refractivity contribution in [1.29, 1.82) is 0 Å². The zero-order valence-electron chi connectivity index (χ0n) is 17.8.